The molecule has 0 aliphatic carbocycles. The number of benzene rings is 1. The topological polar surface area (TPSA) is 49.8 Å². The molecule has 0 amide bonds. The van der Waals surface area contributed by atoms with Crippen molar-refractivity contribution in [2.75, 3.05) is 17.2 Å². The summed E-state index contributed by atoms with van der Waals surface area (Å²) in [5, 5.41) is 7.14. The highest BCUT2D eigenvalue weighted by Crippen LogP contribution is 2.28. The lowest BCUT2D eigenvalue weighted by Gasteiger charge is -2.13. The van der Waals surface area contributed by atoms with Gasteiger partial charge in [0, 0.05) is 12.1 Å². The van der Waals surface area contributed by atoms with Crippen molar-refractivity contribution in [1.29, 1.82) is 0 Å². The average molecular weight is 277 g/mol. The largest absolute Gasteiger partial charge is 0.370 e. The van der Waals surface area contributed by atoms with Gasteiger partial charge >= 0.3 is 0 Å². The molecule has 2 N–H and O–H groups in total. The Hall–Kier alpha value is -1.81. The van der Waals surface area contributed by atoms with E-state index in [2.05, 4.69) is 20.6 Å². The molecular weight excluding hydrogens is 260 g/mol. The van der Waals surface area contributed by atoms with E-state index in [0.29, 0.717) is 5.02 Å². The second kappa shape index (κ2) is 5.89. The van der Waals surface area contributed by atoms with Crippen molar-refractivity contribution in [3.63, 3.8) is 0 Å². The van der Waals surface area contributed by atoms with Crippen LogP contribution in [0.25, 0.3) is 0 Å². The summed E-state index contributed by atoms with van der Waals surface area (Å²) in [6.45, 7) is 6.86. The third kappa shape index (κ3) is 3.15. The van der Waals surface area contributed by atoms with Gasteiger partial charge in [-0.25, -0.2) is 9.97 Å². The fourth-order valence-corrected chi connectivity index (χ4v) is 1.95. The molecule has 2 rings (SSSR count). The van der Waals surface area contributed by atoms with E-state index in [1.807, 2.05) is 39.0 Å². The van der Waals surface area contributed by atoms with Crippen LogP contribution in [0.3, 0.4) is 0 Å². The molecule has 19 heavy (non-hydrogen) atoms. The summed E-state index contributed by atoms with van der Waals surface area (Å²) in [4.78, 5) is 8.48. The molecule has 1 aromatic heterocycles. The van der Waals surface area contributed by atoms with E-state index in [9.17, 15) is 0 Å². The van der Waals surface area contributed by atoms with Crippen molar-refractivity contribution in [1.82, 2.24) is 9.97 Å². The van der Waals surface area contributed by atoms with Crippen LogP contribution in [0.1, 0.15) is 18.1 Å². The van der Waals surface area contributed by atoms with Gasteiger partial charge in [0.1, 0.15) is 18.0 Å². The first-order valence-corrected chi connectivity index (χ1v) is 6.58. The highest BCUT2D eigenvalue weighted by Gasteiger charge is 2.08. The van der Waals surface area contributed by atoms with E-state index in [-0.39, 0.29) is 0 Å². The highest BCUT2D eigenvalue weighted by atomic mass is 35.5. The normalized spacial score (nSPS) is 10.3. The Bertz CT molecular complexity index is 584. The molecular formula is C14H17ClN4. The predicted molar refractivity (Wildman–Crippen MR) is 80.4 cm³/mol. The molecule has 1 heterocycles. The van der Waals surface area contributed by atoms with Gasteiger partial charge in [-0.3, -0.25) is 0 Å². The highest BCUT2D eigenvalue weighted by molar-refractivity contribution is 6.33. The second-order valence-electron chi connectivity index (χ2n) is 4.33. The number of nitrogens with zero attached hydrogens (tertiary/aromatic N) is 2. The van der Waals surface area contributed by atoms with Crippen molar-refractivity contribution in [3.05, 3.63) is 40.7 Å². The fraction of sp³-hybridized carbons (Fsp3) is 0.286. The van der Waals surface area contributed by atoms with Crippen molar-refractivity contribution in [2.45, 2.75) is 20.8 Å². The van der Waals surface area contributed by atoms with Gasteiger partial charge in [0.15, 0.2) is 0 Å². The number of nitrogens with one attached hydrogen (secondary N) is 2. The molecule has 0 atom stereocenters. The van der Waals surface area contributed by atoms with E-state index in [0.717, 1.165) is 35.0 Å². The van der Waals surface area contributed by atoms with E-state index >= 15 is 0 Å². The van der Waals surface area contributed by atoms with Gasteiger partial charge in [-0.05, 0) is 38.5 Å². The Morgan fingerprint density at radius 3 is 2.63 bits per heavy atom. The Balaban J connectivity index is 2.33. The van der Waals surface area contributed by atoms with Crippen LogP contribution in [0.5, 0.6) is 0 Å². The molecule has 0 saturated heterocycles. The van der Waals surface area contributed by atoms with Crippen LogP contribution >= 0.6 is 11.6 Å². The van der Waals surface area contributed by atoms with E-state index in [4.69, 9.17) is 11.6 Å². The number of anilines is 3. The van der Waals surface area contributed by atoms with E-state index < -0.39 is 0 Å². The minimum atomic E-state index is 0.675. The van der Waals surface area contributed by atoms with Crippen LogP contribution in [0.4, 0.5) is 17.3 Å². The Labute approximate surface area is 118 Å². The summed E-state index contributed by atoms with van der Waals surface area (Å²) in [6.07, 6.45) is 1.54. The molecule has 2 aromatic rings. The maximum atomic E-state index is 6.18. The number of rotatable bonds is 4. The molecule has 100 valence electrons. The Morgan fingerprint density at radius 1 is 1.16 bits per heavy atom. The summed E-state index contributed by atoms with van der Waals surface area (Å²) in [5.74, 6) is 1.60. The maximum absolute atomic E-state index is 6.18. The Kier molecular flexibility index (Phi) is 4.22. The zero-order chi connectivity index (χ0) is 13.8. The lowest BCUT2D eigenvalue weighted by Crippen LogP contribution is -2.05. The van der Waals surface area contributed by atoms with Gasteiger partial charge in [0.05, 0.1) is 10.7 Å². The smallest absolute Gasteiger partial charge is 0.138 e. The zero-order valence-corrected chi connectivity index (χ0v) is 12.0. The first kappa shape index (κ1) is 13.6. The molecule has 5 heteroatoms. The molecule has 0 radical (unpaired) electrons. The fourth-order valence-electron chi connectivity index (χ4n) is 1.78. The van der Waals surface area contributed by atoms with E-state index in [1.165, 1.54) is 6.33 Å². The molecule has 0 bridgehead atoms. The molecule has 0 spiro atoms. The minimum Gasteiger partial charge on any atom is -0.370 e. The first-order valence-electron chi connectivity index (χ1n) is 6.20. The van der Waals surface area contributed by atoms with Crippen LogP contribution in [-0.4, -0.2) is 16.5 Å². The van der Waals surface area contributed by atoms with Gasteiger partial charge in [-0.1, -0.05) is 17.7 Å². The van der Waals surface area contributed by atoms with Crippen molar-refractivity contribution < 1.29 is 0 Å². The maximum Gasteiger partial charge on any atom is 0.138 e. The van der Waals surface area contributed by atoms with Crippen LogP contribution in [0.15, 0.2) is 24.5 Å². The molecule has 0 aliphatic rings. The van der Waals surface area contributed by atoms with Crippen molar-refractivity contribution in [2.24, 2.45) is 0 Å². The molecule has 0 aliphatic heterocycles. The molecule has 4 nitrogen and oxygen atoms in total. The van der Waals surface area contributed by atoms with Gasteiger partial charge in [0.2, 0.25) is 0 Å². The van der Waals surface area contributed by atoms with Crippen LogP contribution in [0.2, 0.25) is 5.02 Å². The van der Waals surface area contributed by atoms with Gasteiger partial charge in [0.25, 0.3) is 0 Å². The lowest BCUT2D eigenvalue weighted by atomic mass is 10.2. The monoisotopic (exact) mass is 276 g/mol. The van der Waals surface area contributed by atoms with Gasteiger partial charge in [-0.15, -0.1) is 0 Å². The first-order chi connectivity index (χ1) is 9.11. The number of aromatic nitrogens is 2. The summed E-state index contributed by atoms with van der Waals surface area (Å²) in [5.41, 5.74) is 2.97. The second-order valence-corrected chi connectivity index (χ2v) is 4.74. The Morgan fingerprint density at radius 2 is 1.89 bits per heavy atom. The van der Waals surface area contributed by atoms with Crippen molar-refractivity contribution >= 4 is 28.9 Å². The quantitative estimate of drug-likeness (QED) is 0.889. The molecule has 1 aromatic carbocycles. The van der Waals surface area contributed by atoms with Gasteiger partial charge in [-0.2, -0.15) is 0 Å². The SMILES string of the molecule is CCNc1ncnc(Nc2cc(C)ccc2Cl)c1C. The molecule has 0 unspecified atom stereocenters. The summed E-state index contributed by atoms with van der Waals surface area (Å²) in [6, 6.07) is 5.85. The molecule has 0 saturated carbocycles. The van der Waals surface area contributed by atoms with Crippen LogP contribution in [0, 0.1) is 13.8 Å². The average Bonchev–Trinajstić information content (AvgIpc) is 2.39. The summed E-state index contributed by atoms with van der Waals surface area (Å²) < 4.78 is 0. The van der Waals surface area contributed by atoms with Crippen LogP contribution < -0.4 is 10.6 Å². The minimum absolute atomic E-state index is 0.675. The van der Waals surface area contributed by atoms with Crippen molar-refractivity contribution in [3.8, 4) is 0 Å². The zero-order valence-electron chi connectivity index (χ0n) is 11.3. The number of hydrogen-bond donors (Lipinski definition) is 2. The van der Waals surface area contributed by atoms with Crippen LogP contribution in [-0.2, 0) is 0 Å². The van der Waals surface area contributed by atoms with Gasteiger partial charge < -0.3 is 10.6 Å². The number of hydrogen-bond acceptors (Lipinski definition) is 4. The van der Waals surface area contributed by atoms with E-state index in [1.54, 1.807) is 0 Å². The third-order valence-electron chi connectivity index (χ3n) is 2.80. The third-order valence-corrected chi connectivity index (χ3v) is 3.13. The number of aryl methyl sites for hydroxylation is 1. The number of halogens is 1. The summed E-state index contributed by atoms with van der Waals surface area (Å²) in [7, 11) is 0. The summed E-state index contributed by atoms with van der Waals surface area (Å²) >= 11 is 6.18. The lowest BCUT2D eigenvalue weighted by molar-refractivity contribution is 1.08. The standard InChI is InChI=1S/C14H17ClN4/c1-4-16-13-10(3)14(18-8-17-13)19-12-7-9(2)5-6-11(12)15/h5-8H,4H2,1-3H3,(H2,16,17,18,19). The molecule has 0 fully saturated rings. The predicted octanol–water partition coefficient (Wildman–Crippen LogP) is 3.92.